The Hall–Kier alpha value is -2.42. The summed E-state index contributed by atoms with van der Waals surface area (Å²) in [5, 5.41) is 9.63. The van der Waals surface area contributed by atoms with Gasteiger partial charge in [-0.3, -0.25) is 4.79 Å². The lowest BCUT2D eigenvalue weighted by molar-refractivity contribution is -0.138. The van der Waals surface area contributed by atoms with Crippen molar-refractivity contribution in [2.45, 2.75) is 73.5 Å². The molecule has 0 spiro atoms. The molecule has 7 rings (SSSR count). The summed E-state index contributed by atoms with van der Waals surface area (Å²) in [4.78, 5) is 19.9. The van der Waals surface area contributed by atoms with Crippen LogP contribution in [0.3, 0.4) is 0 Å². The molecular weight excluding hydrogens is 558 g/mol. The number of likely N-dealkylation sites (tertiary alicyclic amines) is 1. The summed E-state index contributed by atoms with van der Waals surface area (Å²) in [7, 11) is -0.879. The minimum Gasteiger partial charge on any atom is -0.481 e. The third-order valence-corrected chi connectivity index (χ3v) is 13.8. The molecule has 5 aliphatic rings. The second kappa shape index (κ2) is 11.5. The summed E-state index contributed by atoms with van der Waals surface area (Å²) in [6.07, 6.45) is 7.57. The van der Waals surface area contributed by atoms with E-state index in [-0.39, 0.29) is 16.6 Å². The van der Waals surface area contributed by atoms with E-state index in [9.17, 15) is 18.3 Å². The summed E-state index contributed by atoms with van der Waals surface area (Å²) in [5.41, 5.74) is 4.10. The number of anilines is 1. The standard InChI is InChI=1S/C35H47N3O4S/c1-36-23-27-5-2-3-7-33(27)35(24-36,32-8-4-6-26(32)19-34(39)40)28-15-17-37(18-16-28)20-25-21-38(22-25)29-9-11-30(12-10-29)43(41,42)31-13-14-31/h2-3,5,7,9-12,25-26,28,31-32H,4,6,8,13-24H2,1H3,(H,39,40)/t26-,32+,35?/m0/s1. The summed E-state index contributed by atoms with van der Waals surface area (Å²) < 4.78 is 25.1. The Bertz CT molecular complexity index is 1430. The summed E-state index contributed by atoms with van der Waals surface area (Å²) in [6.45, 7) is 7.40. The third-order valence-electron chi connectivity index (χ3n) is 11.5. The number of aliphatic carboxylic acids is 1. The number of benzene rings is 2. The highest BCUT2D eigenvalue weighted by molar-refractivity contribution is 7.92. The van der Waals surface area contributed by atoms with Crippen molar-refractivity contribution in [3.8, 4) is 0 Å². The molecule has 0 amide bonds. The molecule has 0 aromatic heterocycles. The van der Waals surface area contributed by atoms with E-state index in [2.05, 4.69) is 46.0 Å². The van der Waals surface area contributed by atoms with Crippen molar-refractivity contribution in [2.24, 2.45) is 23.7 Å². The number of fused-ring (bicyclic) bond motifs is 1. The van der Waals surface area contributed by atoms with Gasteiger partial charge in [-0.15, -0.1) is 0 Å². The largest absolute Gasteiger partial charge is 0.481 e. The van der Waals surface area contributed by atoms with E-state index >= 15 is 0 Å². The molecule has 2 saturated heterocycles. The molecule has 43 heavy (non-hydrogen) atoms. The Morgan fingerprint density at radius 3 is 2.37 bits per heavy atom. The lowest BCUT2D eigenvalue weighted by Gasteiger charge is -2.55. The maximum absolute atomic E-state index is 12.5. The lowest BCUT2D eigenvalue weighted by Crippen LogP contribution is -2.57. The van der Waals surface area contributed by atoms with Crippen molar-refractivity contribution in [3.63, 3.8) is 0 Å². The van der Waals surface area contributed by atoms with Crippen LogP contribution in [0.1, 0.15) is 62.5 Å². The molecule has 2 aromatic rings. The van der Waals surface area contributed by atoms with E-state index in [0.29, 0.717) is 29.1 Å². The van der Waals surface area contributed by atoms with Crippen molar-refractivity contribution < 1.29 is 18.3 Å². The van der Waals surface area contributed by atoms with Gasteiger partial charge in [0.25, 0.3) is 0 Å². The first-order valence-electron chi connectivity index (χ1n) is 16.5. The SMILES string of the molecule is CN1Cc2ccccc2C(C2CCN(CC3CN(c4ccc(S(=O)(=O)C5CC5)cc4)C3)CC2)([C@@H]2CCC[C@H]2CC(=O)O)C1. The Morgan fingerprint density at radius 2 is 1.67 bits per heavy atom. The van der Waals surface area contributed by atoms with E-state index in [1.54, 1.807) is 12.1 Å². The van der Waals surface area contributed by atoms with E-state index in [1.165, 1.54) is 24.0 Å². The quantitative estimate of drug-likeness (QED) is 0.429. The summed E-state index contributed by atoms with van der Waals surface area (Å²) in [5.74, 6) is 1.24. The highest BCUT2D eigenvalue weighted by atomic mass is 32.2. The van der Waals surface area contributed by atoms with Crippen LogP contribution in [-0.4, -0.2) is 80.9 Å². The average molecular weight is 606 g/mol. The number of hydrogen-bond donors (Lipinski definition) is 1. The van der Waals surface area contributed by atoms with E-state index in [0.717, 1.165) is 83.6 Å². The maximum Gasteiger partial charge on any atom is 0.303 e. The number of hydrogen-bond acceptors (Lipinski definition) is 6. The monoisotopic (exact) mass is 605 g/mol. The molecule has 2 aromatic carbocycles. The molecular formula is C35H47N3O4S. The zero-order valence-electron chi connectivity index (χ0n) is 25.5. The first-order chi connectivity index (χ1) is 20.7. The zero-order chi connectivity index (χ0) is 29.8. The Balaban J connectivity index is 1.01. The molecule has 4 fully saturated rings. The van der Waals surface area contributed by atoms with Crippen LogP contribution in [0.2, 0.25) is 0 Å². The molecule has 2 aliphatic carbocycles. The van der Waals surface area contributed by atoms with Gasteiger partial charge in [-0.25, -0.2) is 8.42 Å². The van der Waals surface area contributed by atoms with Crippen LogP contribution in [0.15, 0.2) is 53.4 Å². The van der Waals surface area contributed by atoms with Crippen molar-refractivity contribution in [3.05, 3.63) is 59.7 Å². The maximum atomic E-state index is 12.5. The molecule has 232 valence electrons. The molecule has 2 saturated carbocycles. The van der Waals surface area contributed by atoms with Crippen molar-refractivity contribution in [1.29, 1.82) is 0 Å². The second-order valence-corrected chi connectivity index (χ2v) is 16.6. The zero-order valence-corrected chi connectivity index (χ0v) is 26.4. The molecule has 8 heteroatoms. The van der Waals surface area contributed by atoms with E-state index in [1.807, 2.05) is 12.1 Å². The van der Waals surface area contributed by atoms with Crippen LogP contribution in [0, 0.1) is 23.7 Å². The molecule has 0 bridgehead atoms. The number of carboxylic acids is 1. The van der Waals surface area contributed by atoms with Gasteiger partial charge >= 0.3 is 5.97 Å². The van der Waals surface area contributed by atoms with Gasteiger partial charge in [0.1, 0.15) is 0 Å². The predicted octanol–water partition coefficient (Wildman–Crippen LogP) is 5.05. The number of carbonyl (C=O) groups is 1. The van der Waals surface area contributed by atoms with Gasteiger partial charge in [0.2, 0.25) is 0 Å². The number of rotatable bonds is 9. The predicted molar refractivity (Wildman–Crippen MR) is 169 cm³/mol. The number of nitrogens with zero attached hydrogens (tertiary/aromatic N) is 3. The highest BCUT2D eigenvalue weighted by Crippen LogP contribution is 2.55. The van der Waals surface area contributed by atoms with Crippen molar-refractivity contribution >= 4 is 21.5 Å². The number of likely N-dealkylation sites (N-methyl/N-ethyl adjacent to an activating group) is 1. The lowest BCUT2D eigenvalue weighted by atomic mass is 9.55. The molecule has 0 radical (unpaired) electrons. The highest BCUT2D eigenvalue weighted by Gasteiger charge is 2.54. The van der Waals surface area contributed by atoms with Crippen LogP contribution in [0.5, 0.6) is 0 Å². The summed E-state index contributed by atoms with van der Waals surface area (Å²) in [6, 6.07) is 16.6. The van der Waals surface area contributed by atoms with Crippen molar-refractivity contribution in [1.82, 2.24) is 9.80 Å². The summed E-state index contributed by atoms with van der Waals surface area (Å²) >= 11 is 0. The Kier molecular flexibility index (Phi) is 7.83. The van der Waals surface area contributed by atoms with E-state index < -0.39 is 15.8 Å². The second-order valence-electron chi connectivity index (χ2n) is 14.3. The normalized spacial score (nSPS) is 29.4. The van der Waals surface area contributed by atoms with Crippen LogP contribution >= 0.6 is 0 Å². The van der Waals surface area contributed by atoms with Gasteiger partial charge in [0.05, 0.1) is 10.1 Å². The molecule has 1 unspecified atom stereocenters. The van der Waals surface area contributed by atoms with Gasteiger partial charge in [0.15, 0.2) is 9.84 Å². The fourth-order valence-corrected chi connectivity index (χ4v) is 11.1. The van der Waals surface area contributed by atoms with Gasteiger partial charge in [-0.05, 0) is 112 Å². The van der Waals surface area contributed by atoms with Gasteiger partial charge < -0.3 is 19.8 Å². The number of carboxylic acid groups (broad SMARTS) is 1. The van der Waals surface area contributed by atoms with Gasteiger partial charge in [-0.1, -0.05) is 30.7 Å². The Morgan fingerprint density at radius 1 is 0.953 bits per heavy atom. The molecule has 7 nitrogen and oxygen atoms in total. The fourth-order valence-electron chi connectivity index (χ4n) is 9.45. The van der Waals surface area contributed by atoms with E-state index in [4.69, 9.17) is 0 Å². The van der Waals surface area contributed by atoms with Crippen LogP contribution < -0.4 is 4.90 Å². The Labute approximate surface area is 257 Å². The minimum absolute atomic E-state index is 0.0265. The first kappa shape index (κ1) is 29.3. The molecule has 3 aliphatic heterocycles. The smallest absolute Gasteiger partial charge is 0.303 e. The first-order valence-corrected chi connectivity index (χ1v) is 18.1. The minimum atomic E-state index is -3.13. The third kappa shape index (κ3) is 5.53. The van der Waals surface area contributed by atoms with Crippen LogP contribution in [0.4, 0.5) is 5.69 Å². The number of sulfone groups is 1. The topological polar surface area (TPSA) is 81.2 Å². The fraction of sp³-hybridized carbons (Fsp3) is 0.629. The molecule has 3 atom stereocenters. The van der Waals surface area contributed by atoms with Crippen molar-refractivity contribution in [2.75, 3.05) is 51.2 Å². The average Bonchev–Trinajstić information content (AvgIpc) is 3.75. The molecule has 3 heterocycles. The van der Waals surface area contributed by atoms with Gasteiger partial charge in [0, 0.05) is 56.2 Å². The molecule has 1 N–H and O–H groups in total. The van der Waals surface area contributed by atoms with Crippen LogP contribution in [0.25, 0.3) is 0 Å². The van der Waals surface area contributed by atoms with Crippen LogP contribution in [-0.2, 0) is 26.6 Å². The van der Waals surface area contributed by atoms with Gasteiger partial charge in [-0.2, -0.15) is 0 Å². The number of piperidine rings is 1.